The fraction of sp³-hybridized carbons (Fsp3) is 0.333. The summed E-state index contributed by atoms with van der Waals surface area (Å²) in [6, 6.07) is 1.72. The molecule has 2 rings (SSSR count). The number of rotatable bonds is 7. The van der Waals surface area contributed by atoms with E-state index in [0.717, 1.165) is 0 Å². The van der Waals surface area contributed by atoms with Gasteiger partial charge in [-0.25, -0.2) is 24.1 Å². The number of hydrogen-bond acceptors (Lipinski definition) is 9. The van der Waals surface area contributed by atoms with Crippen molar-refractivity contribution in [3.05, 3.63) is 18.5 Å². The van der Waals surface area contributed by atoms with Crippen LogP contribution in [0.25, 0.3) is 5.95 Å². The molecule has 0 radical (unpaired) electrons. The molecule has 2 aromatic heterocycles. The van der Waals surface area contributed by atoms with E-state index < -0.39 is 10.0 Å². The van der Waals surface area contributed by atoms with Crippen LogP contribution in [0.4, 0.5) is 11.9 Å². The highest BCUT2D eigenvalue weighted by atomic mass is 32.2. The first-order valence-corrected chi connectivity index (χ1v) is 7.66. The third-order valence-corrected chi connectivity index (χ3v) is 3.21. The molecule has 114 valence electrons. The zero-order valence-electron chi connectivity index (χ0n) is 11.0. The fourth-order valence-corrected chi connectivity index (χ4v) is 2.02. The van der Waals surface area contributed by atoms with Gasteiger partial charge < -0.3 is 5.32 Å². The van der Waals surface area contributed by atoms with E-state index in [4.69, 9.17) is 11.0 Å². The first kappa shape index (κ1) is 15.1. The Hall–Kier alpha value is -2.31. The van der Waals surface area contributed by atoms with E-state index in [1.54, 1.807) is 18.5 Å². The minimum atomic E-state index is -3.47. The van der Waals surface area contributed by atoms with Crippen molar-refractivity contribution in [1.29, 1.82) is 0 Å². The molecule has 2 heterocycles. The molecule has 0 aliphatic rings. The number of nitrogens with two attached hydrogens (primary N) is 2. The van der Waals surface area contributed by atoms with E-state index in [0.29, 0.717) is 13.0 Å². The molecule has 0 aliphatic carbocycles. The average molecular weight is 313 g/mol. The van der Waals surface area contributed by atoms with Crippen LogP contribution < -0.4 is 21.7 Å². The molecule has 0 aromatic carbocycles. The minimum absolute atomic E-state index is 0.126. The standard InChI is InChI=1S/C9H15N9O2S/c10-17-8-14-7(12-3-2-6-21(11,19)20)15-9(16-8)18-5-1-4-13-18/h1,4-5H,2-3,6,10H2,(H2,11,19,20)(H2,12,14,15,16,17). The van der Waals surface area contributed by atoms with Crippen molar-refractivity contribution >= 4 is 21.9 Å². The van der Waals surface area contributed by atoms with Gasteiger partial charge in [-0.1, -0.05) is 0 Å². The number of nitrogens with one attached hydrogen (secondary N) is 2. The molecule has 0 saturated heterocycles. The number of nitrogens with zero attached hydrogens (tertiary/aromatic N) is 5. The molecular weight excluding hydrogens is 298 g/mol. The van der Waals surface area contributed by atoms with E-state index in [9.17, 15) is 8.42 Å². The van der Waals surface area contributed by atoms with E-state index in [1.807, 2.05) is 0 Å². The summed E-state index contributed by atoms with van der Waals surface area (Å²) in [5, 5.41) is 11.8. The van der Waals surface area contributed by atoms with Crippen molar-refractivity contribution in [2.24, 2.45) is 11.0 Å². The Bertz CT molecular complexity index is 685. The second-order valence-electron chi connectivity index (χ2n) is 4.02. The van der Waals surface area contributed by atoms with Gasteiger partial charge in [-0.3, -0.25) is 5.43 Å². The van der Waals surface area contributed by atoms with E-state index in [1.165, 1.54) is 4.68 Å². The lowest BCUT2D eigenvalue weighted by atomic mass is 10.5. The molecular formula is C9H15N9O2S. The van der Waals surface area contributed by atoms with Crippen LogP contribution in [0.3, 0.4) is 0 Å². The highest BCUT2D eigenvalue weighted by molar-refractivity contribution is 7.89. The van der Waals surface area contributed by atoms with Crippen molar-refractivity contribution in [2.75, 3.05) is 23.0 Å². The first-order chi connectivity index (χ1) is 9.98. The van der Waals surface area contributed by atoms with Crippen LogP contribution in [-0.4, -0.2) is 45.4 Å². The summed E-state index contributed by atoms with van der Waals surface area (Å²) in [6.45, 7) is 0.336. The number of hydrogen-bond donors (Lipinski definition) is 4. The van der Waals surface area contributed by atoms with Gasteiger partial charge in [0.2, 0.25) is 21.9 Å². The second-order valence-corrected chi connectivity index (χ2v) is 5.76. The Morgan fingerprint density at radius 3 is 2.62 bits per heavy atom. The number of hydrazine groups is 1. The van der Waals surface area contributed by atoms with Gasteiger partial charge in [-0.2, -0.15) is 20.1 Å². The molecule has 11 nitrogen and oxygen atoms in total. The summed E-state index contributed by atoms with van der Waals surface area (Å²) in [7, 11) is -3.47. The van der Waals surface area contributed by atoms with Crippen molar-refractivity contribution < 1.29 is 8.42 Å². The normalized spacial score (nSPS) is 11.3. The van der Waals surface area contributed by atoms with Crippen LogP contribution >= 0.6 is 0 Å². The van der Waals surface area contributed by atoms with Crippen molar-refractivity contribution in [3.63, 3.8) is 0 Å². The van der Waals surface area contributed by atoms with Gasteiger partial charge in [0.05, 0.1) is 5.75 Å². The minimum Gasteiger partial charge on any atom is -0.354 e. The monoisotopic (exact) mass is 313 g/mol. The SMILES string of the molecule is NNc1nc(NCCCS(N)(=O)=O)nc(-n2cccn2)n1. The Morgan fingerprint density at radius 2 is 2.00 bits per heavy atom. The largest absolute Gasteiger partial charge is 0.354 e. The molecule has 2 aromatic rings. The maximum Gasteiger partial charge on any atom is 0.257 e. The summed E-state index contributed by atoms with van der Waals surface area (Å²) >= 11 is 0. The van der Waals surface area contributed by atoms with Gasteiger partial charge in [0, 0.05) is 18.9 Å². The number of primary sulfonamides is 1. The molecule has 0 amide bonds. The number of anilines is 2. The van der Waals surface area contributed by atoms with Gasteiger partial charge in [0.15, 0.2) is 0 Å². The average Bonchev–Trinajstić information content (AvgIpc) is 2.96. The summed E-state index contributed by atoms with van der Waals surface area (Å²) in [6.07, 6.45) is 3.58. The van der Waals surface area contributed by atoms with Crippen LogP contribution in [0.5, 0.6) is 0 Å². The van der Waals surface area contributed by atoms with Crippen LogP contribution in [0.2, 0.25) is 0 Å². The molecule has 0 atom stereocenters. The Kier molecular flexibility index (Phi) is 4.62. The van der Waals surface area contributed by atoms with E-state index in [-0.39, 0.29) is 23.6 Å². The zero-order valence-corrected chi connectivity index (χ0v) is 11.8. The summed E-state index contributed by atoms with van der Waals surface area (Å²) < 4.78 is 23.1. The van der Waals surface area contributed by atoms with Gasteiger partial charge in [0.1, 0.15) is 0 Å². The summed E-state index contributed by atoms with van der Waals surface area (Å²) in [5.74, 6) is 5.85. The van der Waals surface area contributed by atoms with Crippen molar-refractivity contribution in [3.8, 4) is 5.95 Å². The van der Waals surface area contributed by atoms with Crippen LogP contribution in [-0.2, 0) is 10.0 Å². The number of aromatic nitrogens is 5. The molecule has 0 unspecified atom stereocenters. The smallest absolute Gasteiger partial charge is 0.257 e. The molecule has 6 N–H and O–H groups in total. The highest BCUT2D eigenvalue weighted by Crippen LogP contribution is 2.07. The predicted molar refractivity (Wildman–Crippen MR) is 75.8 cm³/mol. The molecule has 12 heteroatoms. The lowest BCUT2D eigenvalue weighted by molar-refractivity contribution is 0.595. The quantitative estimate of drug-likeness (QED) is 0.268. The van der Waals surface area contributed by atoms with Crippen LogP contribution in [0.1, 0.15) is 6.42 Å². The lowest BCUT2D eigenvalue weighted by Crippen LogP contribution is -2.20. The molecule has 0 spiro atoms. The lowest BCUT2D eigenvalue weighted by Gasteiger charge is -2.08. The number of sulfonamides is 1. The third-order valence-electron chi connectivity index (χ3n) is 2.35. The fourth-order valence-electron chi connectivity index (χ4n) is 1.47. The number of nitrogen functional groups attached to an aromatic ring is 1. The summed E-state index contributed by atoms with van der Waals surface area (Å²) in [5.41, 5.74) is 2.33. The maximum atomic E-state index is 10.8. The van der Waals surface area contributed by atoms with Gasteiger partial charge in [-0.05, 0) is 12.5 Å². The van der Waals surface area contributed by atoms with Crippen molar-refractivity contribution in [1.82, 2.24) is 24.7 Å². The Labute approximate surface area is 120 Å². The van der Waals surface area contributed by atoms with E-state index >= 15 is 0 Å². The van der Waals surface area contributed by atoms with Crippen LogP contribution in [0.15, 0.2) is 18.5 Å². The van der Waals surface area contributed by atoms with Gasteiger partial charge in [0.25, 0.3) is 5.95 Å². The van der Waals surface area contributed by atoms with Crippen molar-refractivity contribution in [2.45, 2.75) is 6.42 Å². The molecule has 0 saturated carbocycles. The zero-order chi connectivity index (χ0) is 15.3. The Balaban J connectivity index is 2.07. The third kappa shape index (κ3) is 4.62. The van der Waals surface area contributed by atoms with Crippen LogP contribution in [0, 0.1) is 0 Å². The highest BCUT2D eigenvalue weighted by Gasteiger charge is 2.08. The van der Waals surface area contributed by atoms with Gasteiger partial charge >= 0.3 is 0 Å². The molecule has 0 fully saturated rings. The maximum absolute atomic E-state index is 10.8. The topological polar surface area (TPSA) is 167 Å². The van der Waals surface area contributed by atoms with Gasteiger partial charge in [-0.15, -0.1) is 0 Å². The second kappa shape index (κ2) is 6.43. The predicted octanol–water partition coefficient (Wildman–Crippen LogP) is -1.57. The summed E-state index contributed by atoms with van der Waals surface area (Å²) in [4.78, 5) is 12.2. The first-order valence-electron chi connectivity index (χ1n) is 5.95. The Morgan fingerprint density at radius 1 is 1.24 bits per heavy atom. The molecule has 0 aliphatic heterocycles. The molecule has 21 heavy (non-hydrogen) atoms. The van der Waals surface area contributed by atoms with E-state index in [2.05, 4.69) is 30.8 Å². The molecule has 0 bridgehead atoms.